The van der Waals surface area contributed by atoms with Crippen molar-refractivity contribution < 1.29 is 23.8 Å². The van der Waals surface area contributed by atoms with Crippen molar-refractivity contribution in [2.75, 3.05) is 19.8 Å². The molecule has 0 N–H and O–H groups in total. The van der Waals surface area contributed by atoms with Gasteiger partial charge in [-0.05, 0) is 44.9 Å². The maximum atomic E-state index is 12.6. The number of carbonyl (C=O) groups excluding carboxylic acids is 2. The number of rotatable bonds is 43. The van der Waals surface area contributed by atoms with E-state index in [9.17, 15) is 9.59 Å². The second-order valence-electron chi connectivity index (χ2n) is 15.7. The van der Waals surface area contributed by atoms with Crippen LogP contribution in [0.4, 0.5) is 0 Å². The monoisotopic (exact) mass is 735 g/mol. The van der Waals surface area contributed by atoms with Gasteiger partial charge in [-0.1, -0.05) is 206 Å². The molecule has 0 aromatic carbocycles. The highest BCUT2D eigenvalue weighted by Crippen LogP contribution is 2.15. The number of unbranched alkanes of at least 4 members (excludes halogenated alkanes) is 30. The van der Waals surface area contributed by atoms with E-state index in [0.29, 0.717) is 26.1 Å². The van der Waals surface area contributed by atoms with Crippen molar-refractivity contribution in [1.82, 2.24) is 0 Å². The van der Waals surface area contributed by atoms with Crippen LogP contribution < -0.4 is 0 Å². The summed E-state index contributed by atoms with van der Waals surface area (Å²) in [5.41, 5.74) is 0. The summed E-state index contributed by atoms with van der Waals surface area (Å²) in [4.78, 5) is 25.1. The van der Waals surface area contributed by atoms with E-state index in [1.807, 2.05) is 0 Å². The lowest BCUT2D eigenvalue weighted by Crippen LogP contribution is -2.30. The quantitative estimate of drug-likeness (QED) is 0.0355. The van der Waals surface area contributed by atoms with Gasteiger partial charge in [0.1, 0.15) is 6.61 Å². The van der Waals surface area contributed by atoms with Crippen LogP contribution in [-0.2, 0) is 23.8 Å². The SMILES string of the molecule is CCCCCCCC/C=C\CCCCCCCCOCC(COC(=O)CCCCCCCCCCCCCCC)OC(=O)CCCCCCCCC. The Balaban J connectivity index is 4.11. The highest BCUT2D eigenvalue weighted by atomic mass is 16.6. The first-order chi connectivity index (χ1) is 25.6. The minimum Gasteiger partial charge on any atom is -0.462 e. The molecule has 0 aromatic rings. The number of allylic oxidation sites excluding steroid dienone is 2. The average molecular weight is 735 g/mol. The predicted molar refractivity (Wildman–Crippen MR) is 224 cm³/mol. The molecule has 308 valence electrons. The second kappa shape index (κ2) is 44.0. The van der Waals surface area contributed by atoms with E-state index in [4.69, 9.17) is 14.2 Å². The molecule has 5 heteroatoms. The fraction of sp³-hybridized carbons (Fsp3) is 0.915. The number of esters is 2. The smallest absolute Gasteiger partial charge is 0.306 e. The van der Waals surface area contributed by atoms with Crippen LogP contribution in [0.25, 0.3) is 0 Å². The van der Waals surface area contributed by atoms with Crippen molar-refractivity contribution in [2.24, 2.45) is 0 Å². The van der Waals surface area contributed by atoms with E-state index < -0.39 is 6.10 Å². The lowest BCUT2D eigenvalue weighted by Gasteiger charge is -2.18. The molecule has 0 fully saturated rings. The Bertz CT molecular complexity index is 750. The standard InChI is InChI=1S/C47H90O5/c1-4-7-10-13-16-18-20-22-23-24-26-28-30-33-36-39-42-50-43-45(52-47(49)41-38-35-31-15-12-9-6-3)44-51-46(48)40-37-34-32-29-27-25-21-19-17-14-11-8-5-2/h22-23,45H,4-21,24-44H2,1-3H3/b23-22-. The summed E-state index contributed by atoms with van der Waals surface area (Å²) in [6.07, 6.45) is 47.9. The zero-order valence-corrected chi connectivity index (χ0v) is 35.4. The topological polar surface area (TPSA) is 61.8 Å². The summed E-state index contributed by atoms with van der Waals surface area (Å²) < 4.78 is 17.3. The van der Waals surface area contributed by atoms with Crippen LogP contribution in [-0.4, -0.2) is 37.9 Å². The molecule has 0 amide bonds. The number of hydrogen-bond donors (Lipinski definition) is 0. The predicted octanol–water partition coefficient (Wildman–Crippen LogP) is 15.1. The molecule has 0 saturated carbocycles. The average Bonchev–Trinajstić information content (AvgIpc) is 3.14. The summed E-state index contributed by atoms with van der Waals surface area (Å²) >= 11 is 0. The minimum atomic E-state index is -0.526. The molecule has 0 aromatic heterocycles. The normalized spacial score (nSPS) is 12.1. The maximum absolute atomic E-state index is 12.6. The summed E-state index contributed by atoms with van der Waals surface area (Å²) in [5, 5.41) is 0. The Kier molecular flexibility index (Phi) is 42.9. The zero-order chi connectivity index (χ0) is 37.8. The summed E-state index contributed by atoms with van der Waals surface area (Å²) in [6.45, 7) is 7.81. The van der Waals surface area contributed by atoms with Crippen molar-refractivity contribution in [3.8, 4) is 0 Å². The van der Waals surface area contributed by atoms with Gasteiger partial charge in [0.05, 0.1) is 6.61 Å². The van der Waals surface area contributed by atoms with Gasteiger partial charge in [-0.25, -0.2) is 0 Å². The second-order valence-corrected chi connectivity index (χ2v) is 15.7. The number of carbonyl (C=O) groups is 2. The highest BCUT2D eigenvalue weighted by Gasteiger charge is 2.17. The van der Waals surface area contributed by atoms with E-state index in [2.05, 4.69) is 32.9 Å². The lowest BCUT2D eigenvalue weighted by molar-refractivity contribution is -0.163. The van der Waals surface area contributed by atoms with E-state index in [1.54, 1.807) is 0 Å². The molecular weight excluding hydrogens is 645 g/mol. The fourth-order valence-corrected chi connectivity index (χ4v) is 6.80. The molecule has 1 unspecified atom stereocenters. The number of hydrogen-bond acceptors (Lipinski definition) is 5. The molecule has 52 heavy (non-hydrogen) atoms. The van der Waals surface area contributed by atoms with E-state index >= 15 is 0 Å². The molecule has 0 heterocycles. The van der Waals surface area contributed by atoms with E-state index in [1.165, 1.54) is 180 Å². The summed E-state index contributed by atoms with van der Waals surface area (Å²) in [7, 11) is 0. The molecule has 0 saturated heterocycles. The Hall–Kier alpha value is -1.36. The third-order valence-corrected chi connectivity index (χ3v) is 10.3. The molecule has 0 aliphatic carbocycles. The van der Waals surface area contributed by atoms with Gasteiger partial charge in [0, 0.05) is 19.4 Å². The molecular formula is C47H90O5. The zero-order valence-electron chi connectivity index (χ0n) is 35.4. The molecule has 5 nitrogen and oxygen atoms in total. The first-order valence-corrected chi connectivity index (χ1v) is 23.2. The molecule has 0 spiro atoms. The third-order valence-electron chi connectivity index (χ3n) is 10.3. The molecule has 0 aliphatic rings. The van der Waals surface area contributed by atoms with Gasteiger partial charge < -0.3 is 14.2 Å². The fourth-order valence-electron chi connectivity index (χ4n) is 6.80. The van der Waals surface area contributed by atoms with Crippen LogP contribution in [0.2, 0.25) is 0 Å². The van der Waals surface area contributed by atoms with Gasteiger partial charge in [-0.15, -0.1) is 0 Å². The first-order valence-electron chi connectivity index (χ1n) is 23.2. The summed E-state index contributed by atoms with van der Waals surface area (Å²) in [5.74, 6) is -0.392. The van der Waals surface area contributed by atoms with Crippen LogP contribution in [0.3, 0.4) is 0 Å². The molecule has 0 aliphatic heterocycles. The molecule has 0 bridgehead atoms. The van der Waals surface area contributed by atoms with Crippen molar-refractivity contribution >= 4 is 11.9 Å². The highest BCUT2D eigenvalue weighted by molar-refractivity contribution is 5.70. The van der Waals surface area contributed by atoms with Gasteiger partial charge in [-0.2, -0.15) is 0 Å². The van der Waals surface area contributed by atoms with Gasteiger partial charge in [0.25, 0.3) is 0 Å². The van der Waals surface area contributed by atoms with Gasteiger partial charge >= 0.3 is 11.9 Å². The van der Waals surface area contributed by atoms with Gasteiger partial charge in [0.2, 0.25) is 0 Å². The van der Waals surface area contributed by atoms with E-state index in [-0.39, 0.29) is 18.5 Å². The molecule has 0 radical (unpaired) electrons. The van der Waals surface area contributed by atoms with Crippen LogP contribution in [0.1, 0.15) is 252 Å². The Morgan fingerprint density at radius 2 is 0.750 bits per heavy atom. The van der Waals surface area contributed by atoms with Crippen molar-refractivity contribution in [2.45, 2.75) is 258 Å². The van der Waals surface area contributed by atoms with Crippen LogP contribution in [0.5, 0.6) is 0 Å². The summed E-state index contributed by atoms with van der Waals surface area (Å²) in [6, 6.07) is 0. The van der Waals surface area contributed by atoms with Crippen LogP contribution >= 0.6 is 0 Å². The maximum Gasteiger partial charge on any atom is 0.306 e. The lowest BCUT2D eigenvalue weighted by atomic mass is 10.0. The third kappa shape index (κ3) is 41.4. The molecule has 1 atom stereocenters. The van der Waals surface area contributed by atoms with Gasteiger partial charge in [0.15, 0.2) is 6.10 Å². The first kappa shape index (κ1) is 50.6. The minimum absolute atomic E-state index is 0.0907. The largest absolute Gasteiger partial charge is 0.462 e. The number of ether oxygens (including phenoxy) is 3. The van der Waals surface area contributed by atoms with Gasteiger partial charge in [-0.3, -0.25) is 9.59 Å². The van der Waals surface area contributed by atoms with Crippen molar-refractivity contribution in [1.29, 1.82) is 0 Å². The van der Waals surface area contributed by atoms with Crippen LogP contribution in [0, 0.1) is 0 Å². The van der Waals surface area contributed by atoms with E-state index in [0.717, 1.165) is 38.5 Å². The van der Waals surface area contributed by atoms with Crippen molar-refractivity contribution in [3.05, 3.63) is 12.2 Å². The van der Waals surface area contributed by atoms with Crippen molar-refractivity contribution in [3.63, 3.8) is 0 Å². The Morgan fingerprint density at radius 1 is 0.404 bits per heavy atom. The molecule has 0 rings (SSSR count). The van der Waals surface area contributed by atoms with Crippen LogP contribution in [0.15, 0.2) is 12.2 Å². The Morgan fingerprint density at radius 3 is 1.17 bits per heavy atom. The Labute approximate surface area is 325 Å².